The zero-order chi connectivity index (χ0) is 10.7. The Labute approximate surface area is 77.9 Å². The molecule has 0 N–H and O–H groups in total. The number of nitro benzene ring substituents is 1. The molecule has 0 aromatic heterocycles. The topological polar surface area (TPSA) is 97.2 Å². The first kappa shape index (κ1) is 9.85. The fourth-order valence-electron chi connectivity index (χ4n) is 0.970. The average Bonchev–Trinajstić information content (AvgIpc) is 2.16. The number of hydrogen-bond donors (Lipinski definition) is 0. The molecule has 70 valence electrons. The summed E-state index contributed by atoms with van der Waals surface area (Å²) in [6.45, 7) is 0. The maximum absolute atomic E-state index is 10.4. The van der Waals surface area contributed by atoms with Gasteiger partial charge in [-0.15, -0.1) is 0 Å². The highest BCUT2D eigenvalue weighted by molar-refractivity contribution is 5.99. The van der Waals surface area contributed by atoms with Crippen LogP contribution in [-0.2, 0) is 9.90 Å². The van der Waals surface area contributed by atoms with E-state index < -0.39 is 27.7 Å². The molecular formula is C8H3NO5. The molecule has 0 unspecified atom stereocenters. The van der Waals surface area contributed by atoms with Crippen molar-refractivity contribution in [2.45, 2.75) is 0 Å². The minimum Gasteiger partial charge on any atom is -0.285 e. The van der Waals surface area contributed by atoms with Gasteiger partial charge in [0.15, 0.2) is 0 Å². The molecule has 0 atom stereocenters. The fourth-order valence-corrected chi connectivity index (χ4v) is 0.970. The van der Waals surface area contributed by atoms with Gasteiger partial charge in [-0.25, -0.2) is 9.90 Å². The predicted molar refractivity (Wildman–Crippen MR) is 42.9 cm³/mol. The largest absolute Gasteiger partial charge is 0.387 e. The summed E-state index contributed by atoms with van der Waals surface area (Å²) in [4.78, 5) is 30.3. The van der Waals surface area contributed by atoms with Crippen LogP contribution >= 0.6 is 0 Å². The van der Waals surface area contributed by atoms with Gasteiger partial charge in [-0.05, 0) is 6.07 Å². The number of nitro groups is 1. The van der Waals surface area contributed by atoms with Crippen LogP contribution in [0.3, 0.4) is 0 Å². The Hall–Kier alpha value is -2.24. The lowest BCUT2D eigenvalue weighted by Crippen LogP contribution is -2.04. The molecule has 0 aliphatic carbocycles. The Bertz CT molecular complexity index is 380. The van der Waals surface area contributed by atoms with Crippen LogP contribution in [0.5, 0.6) is 0 Å². The molecule has 14 heavy (non-hydrogen) atoms. The fraction of sp³-hybridized carbons (Fsp3) is 0. The molecule has 0 saturated heterocycles. The molecule has 0 saturated carbocycles. The van der Waals surface area contributed by atoms with Gasteiger partial charge in [0.25, 0.3) is 5.69 Å². The maximum Gasteiger partial charge on any atom is 0.387 e. The van der Waals surface area contributed by atoms with Crippen LogP contribution in [0.15, 0.2) is 18.2 Å². The van der Waals surface area contributed by atoms with Crippen LogP contribution in [0.4, 0.5) is 5.69 Å². The summed E-state index contributed by atoms with van der Waals surface area (Å²) in [5, 5.41) is 20.8. The van der Waals surface area contributed by atoms with Crippen molar-refractivity contribution < 1.29 is 19.6 Å². The molecule has 0 aliphatic rings. The van der Waals surface area contributed by atoms with Gasteiger partial charge < -0.3 is 0 Å². The molecule has 0 aliphatic heterocycles. The molecule has 2 radical (unpaired) electrons. The van der Waals surface area contributed by atoms with Gasteiger partial charge in [0.2, 0.25) is 6.29 Å². The average molecular weight is 193 g/mol. The first-order valence-corrected chi connectivity index (χ1v) is 3.45. The highest BCUT2D eigenvalue weighted by atomic mass is 16.6. The summed E-state index contributed by atoms with van der Waals surface area (Å²) in [5.74, 6) is -1.65. The van der Waals surface area contributed by atoms with Crippen molar-refractivity contribution >= 4 is 17.9 Å². The Morgan fingerprint density at radius 3 is 2.50 bits per heavy atom. The Morgan fingerprint density at radius 1 is 1.43 bits per heavy atom. The van der Waals surface area contributed by atoms with Gasteiger partial charge in [-0.3, -0.25) is 14.9 Å². The van der Waals surface area contributed by atoms with Crippen LogP contribution in [0.2, 0.25) is 0 Å². The van der Waals surface area contributed by atoms with Crippen molar-refractivity contribution in [2.75, 3.05) is 0 Å². The van der Waals surface area contributed by atoms with Crippen molar-refractivity contribution in [1.82, 2.24) is 0 Å². The molecule has 0 amide bonds. The van der Waals surface area contributed by atoms with Crippen LogP contribution in [0.1, 0.15) is 15.9 Å². The van der Waals surface area contributed by atoms with E-state index in [0.29, 0.717) is 0 Å². The van der Waals surface area contributed by atoms with Gasteiger partial charge in [0, 0.05) is 6.07 Å². The molecule has 1 rings (SSSR count). The third kappa shape index (κ3) is 1.58. The lowest BCUT2D eigenvalue weighted by Gasteiger charge is -1.97. The molecule has 0 bridgehead atoms. The lowest BCUT2D eigenvalue weighted by atomic mass is 10.1. The highest BCUT2D eigenvalue weighted by Crippen LogP contribution is 2.20. The molecule has 0 fully saturated rings. The molecule has 6 nitrogen and oxygen atoms in total. The van der Waals surface area contributed by atoms with Crippen molar-refractivity contribution in [3.05, 3.63) is 39.4 Å². The van der Waals surface area contributed by atoms with Gasteiger partial charge in [0.05, 0.1) is 10.5 Å². The highest BCUT2D eigenvalue weighted by Gasteiger charge is 2.21. The maximum atomic E-state index is 10.4. The number of benzene rings is 1. The zero-order valence-electron chi connectivity index (χ0n) is 6.72. The van der Waals surface area contributed by atoms with E-state index in [0.717, 1.165) is 18.2 Å². The minimum absolute atomic E-state index is 0.533. The second-order valence-electron chi connectivity index (χ2n) is 2.35. The Morgan fingerprint density at radius 2 is 2.07 bits per heavy atom. The minimum atomic E-state index is -1.65. The molecule has 1 aromatic carbocycles. The van der Waals surface area contributed by atoms with Crippen LogP contribution in [0.25, 0.3) is 0 Å². The quantitative estimate of drug-likeness (QED) is 0.519. The molecular weight excluding hydrogens is 190 g/mol. The lowest BCUT2D eigenvalue weighted by molar-refractivity contribution is -0.385. The molecule has 0 spiro atoms. The van der Waals surface area contributed by atoms with E-state index in [4.69, 9.17) is 0 Å². The molecule has 6 heteroatoms. The summed E-state index contributed by atoms with van der Waals surface area (Å²) < 4.78 is 0. The number of hydrogen-bond acceptors (Lipinski definition) is 4. The normalized spacial score (nSPS) is 9.43. The van der Waals surface area contributed by atoms with E-state index in [-0.39, 0.29) is 0 Å². The van der Waals surface area contributed by atoms with Gasteiger partial charge >= 0.3 is 5.97 Å². The summed E-state index contributed by atoms with van der Waals surface area (Å²) in [7, 11) is 0. The SMILES string of the molecule is [O]C(=O)c1cccc([N+](=O)[O-])c1[C]=O. The van der Waals surface area contributed by atoms with Crippen molar-refractivity contribution in [3.8, 4) is 0 Å². The van der Waals surface area contributed by atoms with Gasteiger partial charge in [-0.2, -0.15) is 0 Å². The zero-order valence-corrected chi connectivity index (χ0v) is 6.72. The van der Waals surface area contributed by atoms with E-state index in [1.807, 2.05) is 0 Å². The second kappa shape index (κ2) is 3.65. The number of nitrogens with zero attached hydrogens (tertiary/aromatic N) is 1. The third-order valence-electron chi connectivity index (χ3n) is 1.56. The standard InChI is InChI=1S/C8H3NO5/c10-4-6-5(8(11)12)2-1-3-7(6)9(13)14/h1-3H. The molecule has 1 aromatic rings. The summed E-state index contributed by atoms with van der Waals surface area (Å²) in [6.07, 6.45) is 1.21. The summed E-state index contributed by atoms with van der Waals surface area (Å²) in [5.41, 5.74) is -1.73. The Kier molecular flexibility index (Phi) is 2.57. The van der Waals surface area contributed by atoms with Crippen molar-refractivity contribution in [2.24, 2.45) is 0 Å². The van der Waals surface area contributed by atoms with E-state index in [2.05, 4.69) is 0 Å². The first-order chi connectivity index (χ1) is 6.57. The van der Waals surface area contributed by atoms with Crippen molar-refractivity contribution in [3.63, 3.8) is 0 Å². The smallest absolute Gasteiger partial charge is 0.285 e. The second-order valence-corrected chi connectivity index (χ2v) is 2.35. The van der Waals surface area contributed by atoms with Gasteiger partial charge in [-0.1, -0.05) is 6.07 Å². The predicted octanol–water partition coefficient (Wildman–Crippen LogP) is 0.623. The van der Waals surface area contributed by atoms with Crippen molar-refractivity contribution in [1.29, 1.82) is 0 Å². The Balaban J connectivity index is 3.47. The van der Waals surface area contributed by atoms with E-state index in [1.54, 1.807) is 0 Å². The monoisotopic (exact) mass is 193 g/mol. The number of carbonyl (C=O) groups excluding carboxylic acids is 2. The van der Waals surface area contributed by atoms with Crippen LogP contribution < -0.4 is 0 Å². The van der Waals surface area contributed by atoms with E-state index in [9.17, 15) is 24.8 Å². The first-order valence-electron chi connectivity index (χ1n) is 3.45. The van der Waals surface area contributed by atoms with Crippen LogP contribution in [0, 0.1) is 10.1 Å². The third-order valence-corrected chi connectivity index (χ3v) is 1.56. The van der Waals surface area contributed by atoms with E-state index >= 15 is 0 Å². The number of carbonyl (C=O) groups is 1. The molecule has 0 heterocycles. The van der Waals surface area contributed by atoms with E-state index in [1.165, 1.54) is 6.29 Å². The number of rotatable bonds is 3. The van der Waals surface area contributed by atoms with Gasteiger partial charge in [0.1, 0.15) is 5.56 Å². The summed E-state index contributed by atoms with van der Waals surface area (Å²) >= 11 is 0. The summed E-state index contributed by atoms with van der Waals surface area (Å²) in [6, 6.07) is 3.22. The van der Waals surface area contributed by atoms with Crippen LogP contribution in [-0.4, -0.2) is 17.2 Å².